The van der Waals surface area contributed by atoms with E-state index >= 15 is 0 Å². The maximum absolute atomic E-state index is 4.72. The van der Waals surface area contributed by atoms with Crippen molar-refractivity contribution in [2.45, 2.75) is 27.7 Å². The van der Waals surface area contributed by atoms with Crippen LogP contribution >= 0.6 is 0 Å². The first-order valence-corrected chi connectivity index (χ1v) is 10.5. The second-order valence-electron chi connectivity index (χ2n) is 4.08. The Morgan fingerprint density at radius 1 is 0.867 bits per heavy atom. The fraction of sp³-hybridized carbons (Fsp3) is 0.400. The first-order chi connectivity index (χ1) is 6.99. The van der Waals surface area contributed by atoms with Crippen LogP contribution in [0.2, 0.25) is 0 Å². The summed E-state index contributed by atoms with van der Waals surface area (Å²) < 4.78 is 16.4. The number of rotatable bonds is 0. The standard InChI is InChI=1S/2C5H8N2.Sn/c2*1-4(6)3-5(2)7;/h2*3,6H,1-2H3;/q2*-2;+4. The molecule has 5 heteroatoms. The van der Waals surface area contributed by atoms with Gasteiger partial charge in [-0.05, 0) is 0 Å². The van der Waals surface area contributed by atoms with E-state index in [4.69, 9.17) is 6.43 Å². The Labute approximate surface area is 95.6 Å². The minimum atomic E-state index is -3.08. The predicted octanol–water partition coefficient (Wildman–Crippen LogP) is 1.36. The average molecular weight is 311 g/mol. The molecule has 0 saturated carbocycles. The van der Waals surface area contributed by atoms with Crippen molar-refractivity contribution < 1.29 is 0 Å². The summed E-state index contributed by atoms with van der Waals surface area (Å²) in [6.07, 6.45) is 4.12. The molecule has 0 radical (unpaired) electrons. The van der Waals surface area contributed by atoms with E-state index in [1.165, 1.54) is 0 Å². The fourth-order valence-corrected chi connectivity index (χ4v) is 9.78. The first-order valence-electron chi connectivity index (χ1n) is 5.05. The van der Waals surface area contributed by atoms with Gasteiger partial charge in [-0.3, -0.25) is 0 Å². The first kappa shape index (κ1) is 10.7. The molecule has 0 aromatic heterocycles. The third-order valence-electron chi connectivity index (χ3n) is 2.27. The monoisotopic (exact) mass is 312 g/mol. The van der Waals surface area contributed by atoms with E-state index in [9.17, 15) is 0 Å². The van der Waals surface area contributed by atoms with Crippen molar-refractivity contribution in [2.24, 2.45) is 6.43 Å². The zero-order chi connectivity index (χ0) is 11.1. The van der Waals surface area contributed by atoms with E-state index in [-0.39, 0.29) is 0 Å². The molecule has 0 fully saturated rings. The van der Waals surface area contributed by atoms with Gasteiger partial charge in [0, 0.05) is 0 Å². The van der Waals surface area contributed by atoms with Crippen molar-refractivity contribution in [3.05, 3.63) is 23.5 Å². The Balaban J connectivity index is 2.39. The summed E-state index contributed by atoms with van der Waals surface area (Å²) in [7, 11) is 0. The topological polar surface area (TPSA) is 48.8 Å². The quantitative estimate of drug-likeness (QED) is 0.664. The van der Waals surface area contributed by atoms with Crippen LogP contribution in [0.25, 0.3) is 0 Å². The molecule has 0 amide bonds. The molecule has 0 unspecified atom stereocenters. The molecule has 80 valence electrons. The third kappa shape index (κ3) is 2.25. The molecular weight excluding hydrogens is 295 g/mol. The molecule has 0 atom stereocenters. The SMILES string of the molecule is CC1=CC(C)=[N][Sn]2([N]=C(C)C=C(C)[NH]2)[NH]1. The molecular formula is C10H16N4Sn. The van der Waals surface area contributed by atoms with Crippen molar-refractivity contribution in [1.82, 2.24) is 7.08 Å². The summed E-state index contributed by atoms with van der Waals surface area (Å²) in [6, 6.07) is 0. The van der Waals surface area contributed by atoms with Crippen LogP contribution in [0.1, 0.15) is 27.7 Å². The average Bonchev–Trinajstić information content (AvgIpc) is 1.96. The Hall–Kier alpha value is -0.781. The number of nitrogens with one attached hydrogen (secondary N) is 2. The number of allylic oxidation sites excluding steroid dienone is 4. The summed E-state index contributed by atoms with van der Waals surface area (Å²) >= 11 is -3.08. The summed E-state index contributed by atoms with van der Waals surface area (Å²) in [4.78, 5) is 0. The predicted molar refractivity (Wildman–Crippen MR) is 65.8 cm³/mol. The fourth-order valence-electron chi connectivity index (χ4n) is 1.99. The van der Waals surface area contributed by atoms with Gasteiger partial charge in [0.15, 0.2) is 0 Å². The van der Waals surface area contributed by atoms with Crippen LogP contribution in [-0.4, -0.2) is 30.9 Å². The van der Waals surface area contributed by atoms with Crippen molar-refractivity contribution >= 4 is 30.9 Å². The Morgan fingerprint density at radius 3 is 1.60 bits per heavy atom. The van der Waals surface area contributed by atoms with E-state index in [2.05, 4.69) is 33.1 Å². The van der Waals surface area contributed by atoms with Crippen LogP contribution in [0.15, 0.2) is 30.0 Å². The van der Waals surface area contributed by atoms with Crippen LogP contribution in [0.4, 0.5) is 0 Å². The van der Waals surface area contributed by atoms with Gasteiger partial charge in [-0.1, -0.05) is 0 Å². The Morgan fingerprint density at radius 2 is 1.27 bits per heavy atom. The van der Waals surface area contributed by atoms with Crippen LogP contribution in [0.5, 0.6) is 0 Å². The molecule has 0 saturated heterocycles. The van der Waals surface area contributed by atoms with Crippen molar-refractivity contribution in [1.29, 1.82) is 0 Å². The van der Waals surface area contributed by atoms with Gasteiger partial charge in [0.1, 0.15) is 0 Å². The zero-order valence-electron chi connectivity index (χ0n) is 9.55. The van der Waals surface area contributed by atoms with E-state index in [1.54, 1.807) is 0 Å². The Kier molecular flexibility index (Phi) is 2.62. The summed E-state index contributed by atoms with van der Waals surface area (Å²) in [6.45, 7) is 8.19. The molecule has 2 heterocycles. The third-order valence-corrected chi connectivity index (χ3v) is 10.4. The molecule has 15 heavy (non-hydrogen) atoms. The molecule has 0 aliphatic carbocycles. The molecule has 2 aliphatic heterocycles. The van der Waals surface area contributed by atoms with E-state index in [0.29, 0.717) is 0 Å². The zero-order valence-corrected chi connectivity index (χ0v) is 12.4. The molecule has 4 nitrogen and oxygen atoms in total. The van der Waals surface area contributed by atoms with E-state index in [0.717, 1.165) is 22.8 Å². The normalized spacial score (nSPS) is 23.2. The van der Waals surface area contributed by atoms with Gasteiger partial charge in [-0.25, -0.2) is 0 Å². The minimum absolute atomic E-state index is 1.07. The molecule has 0 aromatic rings. The van der Waals surface area contributed by atoms with Crippen molar-refractivity contribution in [3.8, 4) is 0 Å². The van der Waals surface area contributed by atoms with Gasteiger partial charge in [0.25, 0.3) is 0 Å². The summed E-state index contributed by atoms with van der Waals surface area (Å²) in [5, 5.41) is 0. The second kappa shape index (κ2) is 3.66. The molecule has 2 rings (SSSR count). The van der Waals surface area contributed by atoms with Crippen LogP contribution in [0.3, 0.4) is 0 Å². The number of hydrogen-bond donors (Lipinski definition) is 2. The molecule has 2 aliphatic rings. The molecule has 1 spiro atoms. The van der Waals surface area contributed by atoms with Crippen molar-refractivity contribution in [3.63, 3.8) is 0 Å². The van der Waals surface area contributed by atoms with Crippen LogP contribution in [0, 0.1) is 0 Å². The number of hydrogen-bond acceptors (Lipinski definition) is 4. The number of nitrogens with zero attached hydrogens (tertiary/aromatic N) is 2. The van der Waals surface area contributed by atoms with E-state index < -0.39 is 19.5 Å². The maximum atomic E-state index is 4.72. The van der Waals surface area contributed by atoms with Gasteiger partial charge in [-0.2, -0.15) is 0 Å². The molecule has 0 aromatic carbocycles. The van der Waals surface area contributed by atoms with Gasteiger partial charge in [0.05, 0.1) is 0 Å². The molecule has 2 N–H and O–H groups in total. The van der Waals surface area contributed by atoms with Gasteiger partial charge < -0.3 is 0 Å². The van der Waals surface area contributed by atoms with E-state index in [1.807, 2.05) is 13.8 Å². The van der Waals surface area contributed by atoms with Crippen molar-refractivity contribution in [2.75, 3.05) is 0 Å². The summed E-state index contributed by atoms with van der Waals surface area (Å²) in [5.74, 6) is 0. The van der Waals surface area contributed by atoms with Gasteiger partial charge in [-0.15, -0.1) is 0 Å². The van der Waals surface area contributed by atoms with Gasteiger partial charge in [0.2, 0.25) is 0 Å². The van der Waals surface area contributed by atoms with Crippen LogP contribution in [-0.2, 0) is 0 Å². The second-order valence-corrected chi connectivity index (χ2v) is 10.6. The molecule has 0 bridgehead atoms. The summed E-state index contributed by atoms with van der Waals surface area (Å²) in [5.41, 5.74) is 4.47. The Bertz CT molecular complexity index is 377. The van der Waals surface area contributed by atoms with Crippen LogP contribution < -0.4 is 7.08 Å². The van der Waals surface area contributed by atoms with Gasteiger partial charge >= 0.3 is 95.6 Å².